The first-order chi connectivity index (χ1) is 15.5. The maximum absolute atomic E-state index is 5.25. The van der Waals surface area contributed by atoms with Crippen LogP contribution >= 0.6 is 11.3 Å². The van der Waals surface area contributed by atoms with Gasteiger partial charge in [0.1, 0.15) is 5.82 Å². The molecule has 0 saturated carbocycles. The first-order valence-electron chi connectivity index (χ1n) is 11.5. The average molecular weight is 439 g/mol. The van der Waals surface area contributed by atoms with Crippen molar-refractivity contribution in [1.29, 1.82) is 0 Å². The lowest BCUT2D eigenvalue weighted by molar-refractivity contribution is 0.634. The minimum atomic E-state index is 0.538. The molecule has 0 N–H and O–H groups in total. The third-order valence-electron chi connectivity index (χ3n) is 6.89. The first-order valence-corrected chi connectivity index (χ1v) is 12.3. The molecule has 1 aliphatic carbocycles. The van der Waals surface area contributed by atoms with E-state index < -0.39 is 0 Å². The van der Waals surface area contributed by atoms with Crippen LogP contribution in [-0.2, 0) is 7.05 Å². The highest BCUT2D eigenvalue weighted by Gasteiger charge is 2.28. The minimum Gasteiger partial charge on any atom is -0.331 e. The molecule has 0 amide bonds. The van der Waals surface area contributed by atoms with E-state index >= 15 is 0 Å². The van der Waals surface area contributed by atoms with Gasteiger partial charge in [-0.2, -0.15) is 0 Å². The smallest absolute Gasteiger partial charge is 0.140 e. The van der Waals surface area contributed by atoms with E-state index in [9.17, 15) is 0 Å². The molecule has 2 aromatic carbocycles. The summed E-state index contributed by atoms with van der Waals surface area (Å²) < 4.78 is 2.26. The second-order valence-electron chi connectivity index (χ2n) is 8.93. The number of nitrogens with zero attached hydrogens (tertiary/aromatic N) is 2. The lowest BCUT2D eigenvalue weighted by Gasteiger charge is -2.28. The third-order valence-corrected chi connectivity index (χ3v) is 7.86. The number of rotatable bonds is 4. The maximum Gasteiger partial charge on any atom is 0.140 e. The Morgan fingerprint density at radius 2 is 1.59 bits per heavy atom. The molecule has 2 nitrogen and oxygen atoms in total. The lowest BCUT2D eigenvalue weighted by Crippen LogP contribution is -2.10. The fourth-order valence-electron chi connectivity index (χ4n) is 5.13. The summed E-state index contributed by atoms with van der Waals surface area (Å²) in [6.07, 6.45) is 3.33. The third kappa shape index (κ3) is 3.75. The average Bonchev–Trinajstić information content (AvgIpc) is 3.32. The summed E-state index contributed by atoms with van der Waals surface area (Å²) in [5.41, 5.74) is 9.39. The van der Waals surface area contributed by atoms with E-state index in [2.05, 4.69) is 99.1 Å². The van der Waals surface area contributed by atoms with Crippen LogP contribution in [0.15, 0.2) is 66.7 Å². The van der Waals surface area contributed by atoms with Crippen molar-refractivity contribution in [3.05, 3.63) is 99.0 Å². The molecule has 0 radical (unpaired) electrons. The van der Waals surface area contributed by atoms with Crippen LogP contribution in [0, 0.1) is 20.8 Å². The quantitative estimate of drug-likeness (QED) is 0.316. The summed E-state index contributed by atoms with van der Waals surface area (Å²) in [6, 6.07) is 24.0. The number of hydrogen-bond acceptors (Lipinski definition) is 2. The van der Waals surface area contributed by atoms with Crippen LogP contribution in [-0.4, -0.2) is 9.55 Å². The van der Waals surface area contributed by atoms with Crippen LogP contribution < -0.4 is 0 Å². The predicted molar refractivity (Wildman–Crippen MR) is 137 cm³/mol. The Morgan fingerprint density at radius 3 is 2.25 bits per heavy atom. The van der Waals surface area contributed by atoms with Gasteiger partial charge in [0.25, 0.3) is 0 Å². The monoisotopic (exact) mass is 438 g/mol. The summed E-state index contributed by atoms with van der Waals surface area (Å²) in [5, 5.41) is 0. The Bertz CT molecular complexity index is 1280. The number of imidazole rings is 1. The van der Waals surface area contributed by atoms with Gasteiger partial charge in [-0.1, -0.05) is 60.7 Å². The number of allylic oxidation sites excluding steroid dienone is 2. The topological polar surface area (TPSA) is 17.8 Å². The zero-order chi connectivity index (χ0) is 22.2. The van der Waals surface area contributed by atoms with Crippen molar-refractivity contribution < 1.29 is 0 Å². The van der Waals surface area contributed by atoms with Crippen molar-refractivity contribution >= 4 is 22.5 Å². The van der Waals surface area contributed by atoms with Gasteiger partial charge >= 0.3 is 0 Å². The fraction of sp³-hybridized carbons (Fsp3) is 0.276. The van der Waals surface area contributed by atoms with Crippen molar-refractivity contribution in [2.75, 3.05) is 0 Å². The van der Waals surface area contributed by atoms with Crippen molar-refractivity contribution in [2.24, 2.45) is 7.05 Å². The standard InChI is InChI=1S/C29H30N2S/c1-19-17-26(21(3)32-19)25-16-15-24(22-11-7-5-8-12-22)18-27(25)28-20(2)31(4)29(30-28)23-13-9-6-10-14-23/h5-14,17,24H,15-16,18H2,1-4H3/t24-/m0/s1. The summed E-state index contributed by atoms with van der Waals surface area (Å²) in [4.78, 5) is 8.06. The van der Waals surface area contributed by atoms with Gasteiger partial charge < -0.3 is 4.57 Å². The SMILES string of the molecule is Cc1cc(C2=C(c3nc(-c4ccccc4)n(C)c3C)C[C@@H](c3ccccc3)CC2)c(C)s1. The largest absolute Gasteiger partial charge is 0.331 e. The molecular formula is C29H30N2S. The minimum absolute atomic E-state index is 0.538. The van der Waals surface area contributed by atoms with E-state index in [1.54, 1.807) is 0 Å². The van der Waals surface area contributed by atoms with Gasteiger partial charge in [-0.05, 0) is 74.3 Å². The molecular weight excluding hydrogens is 408 g/mol. The van der Waals surface area contributed by atoms with Gasteiger partial charge in [-0.15, -0.1) is 11.3 Å². The van der Waals surface area contributed by atoms with Crippen LogP contribution in [0.3, 0.4) is 0 Å². The van der Waals surface area contributed by atoms with E-state index in [4.69, 9.17) is 4.98 Å². The van der Waals surface area contributed by atoms with Gasteiger partial charge in [-0.3, -0.25) is 0 Å². The second-order valence-corrected chi connectivity index (χ2v) is 10.4. The molecule has 5 rings (SSSR count). The molecule has 2 heterocycles. The van der Waals surface area contributed by atoms with Crippen LogP contribution in [0.5, 0.6) is 0 Å². The molecule has 2 aromatic heterocycles. The highest BCUT2D eigenvalue weighted by Crippen LogP contribution is 2.47. The molecule has 0 unspecified atom stereocenters. The molecule has 4 aromatic rings. The van der Waals surface area contributed by atoms with E-state index in [0.29, 0.717) is 5.92 Å². The zero-order valence-electron chi connectivity index (χ0n) is 19.4. The molecule has 0 spiro atoms. The number of aromatic nitrogens is 2. The van der Waals surface area contributed by atoms with Crippen LogP contribution in [0.2, 0.25) is 0 Å². The summed E-state index contributed by atoms with van der Waals surface area (Å²) in [6.45, 7) is 6.70. The number of aryl methyl sites for hydroxylation is 2. The molecule has 0 saturated heterocycles. The van der Waals surface area contributed by atoms with E-state index in [0.717, 1.165) is 18.7 Å². The molecule has 0 bridgehead atoms. The van der Waals surface area contributed by atoms with E-state index in [1.807, 2.05) is 11.3 Å². The maximum atomic E-state index is 5.25. The molecule has 0 fully saturated rings. The second kappa shape index (κ2) is 8.55. The van der Waals surface area contributed by atoms with E-state index in [-0.39, 0.29) is 0 Å². The Morgan fingerprint density at radius 1 is 0.906 bits per heavy atom. The van der Waals surface area contributed by atoms with Gasteiger partial charge in [-0.25, -0.2) is 4.98 Å². The van der Waals surface area contributed by atoms with Crippen molar-refractivity contribution in [1.82, 2.24) is 9.55 Å². The first kappa shape index (κ1) is 21.0. The van der Waals surface area contributed by atoms with Gasteiger partial charge in [0.2, 0.25) is 0 Å². The molecule has 1 atom stereocenters. The summed E-state index contributed by atoms with van der Waals surface area (Å²) in [7, 11) is 2.14. The molecule has 1 aliphatic rings. The summed E-state index contributed by atoms with van der Waals surface area (Å²) >= 11 is 1.91. The van der Waals surface area contributed by atoms with Crippen molar-refractivity contribution in [3.63, 3.8) is 0 Å². The lowest BCUT2D eigenvalue weighted by atomic mass is 9.77. The van der Waals surface area contributed by atoms with Crippen LogP contribution in [0.4, 0.5) is 0 Å². The van der Waals surface area contributed by atoms with Gasteiger partial charge in [0.15, 0.2) is 0 Å². The Kier molecular flexibility index (Phi) is 5.60. The Balaban J connectivity index is 1.67. The number of thiophene rings is 1. The van der Waals surface area contributed by atoms with Gasteiger partial charge in [0, 0.05) is 28.1 Å². The van der Waals surface area contributed by atoms with Crippen LogP contribution in [0.1, 0.15) is 57.4 Å². The molecule has 32 heavy (non-hydrogen) atoms. The number of benzene rings is 2. The van der Waals surface area contributed by atoms with Crippen molar-refractivity contribution in [2.45, 2.75) is 46.0 Å². The normalized spacial score (nSPS) is 16.6. The summed E-state index contributed by atoms with van der Waals surface area (Å²) in [5.74, 6) is 1.58. The van der Waals surface area contributed by atoms with Crippen molar-refractivity contribution in [3.8, 4) is 11.4 Å². The highest BCUT2D eigenvalue weighted by molar-refractivity contribution is 7.12. The van der Waals surface area contributed by atoms with Crippen LogP contribution in [0.25, 0.3) is 22.5 Å². The predicted octanol–water partition coefficient (Wildman–Crippen LogP) is 7.95. The molecule has 162 valence electrons. The molecule has 3 heteroatoms. The highest BCUT2D eigenvalue weighted by atomic mass is 32.1. The molecule has 0 aliphatic heterocycles. The fourth-order valence-corrected chi connectivity index (χ4v) is 6.08. The zero-order valence-corrected chi connectivity index (χ0v) is 20.2. The Hall–Kier alpha value is -2.91. The Labute approximate surface area is 195 Å². The van der Waals surface area contributed by atoms with E-state index in [1.165, 1.54) is 55.4 Å². The number of hydrogen-bond donors (Lipinski definition) is 0. The van der Waals surface area contributed by atoms with Gasteiger partial charge in [0.05, 0.1) is 5.69 Å².